The van der Waals surface area contributed by atoms with Crippen molar-refractivity contribution in [2.45, 2.75) is 25.3 Å². The van der Waals surface area contributed by atoms with E-state index in [1.807, 2.05) is 23.1 Å². The van der Waals surface area contributed by atoms with Gasteiger partial charge in [0.25, 0.3) is 0 Å². The fourth-order valence-corrected chi connectivity index (χ4v) is 4.27. The van der Waals surface area contributed by atoms with Gasteiger partial charge in [0.2, 0.25) is 5.91 Å². The summed E-state index contributed by atoms with van der Waals surface area (Å²) in [4.78, 5) is 24.3. The van der Waals surface area contributed by atoms with Gasteiger partial charge in [-0.15, -0.1) is 0 Å². The molecule has 2 aliphatic rings. The molecule has 4 rings (SSSR count). The minimum absolute atomic E-state index is 0.00167. The van der Waals surface area contributed by atoms with Gasteiger partial charge >= 0.3 is 0 Å². The lowest BCUT2D eigenvalue weighted by molar-refractivity contribution is -0.121. The van der Waals surface area contributed by atoms with E-state index < -0.39 is 0 Å². The standard InChI is InChI=1S/C23H23N5O/c1-3-6-16(4-2)19-13-17(22-25-9-10-26-22)14-21-18(19)8-12-28(21)23(29)20-7-5-11-27(20)15-24/h3-4,6,9-10,13-14,20H,1-2,5,7-8,11-12H2,(H,25,26)/b16-6+. The predicted octanol–water partition coefficient (Wildman–Crippen LogP) is 3.67. The molecule has 1 unspecified atom stereocenters. The average Bonchev–Trinajstić information content (AvgIpc) is 3.50. The number of carbonyl (C=O) groups excluding carboxylic acids is 1. The lowest BCUT2D eigenvalue weighted by atomic mass is 9.94. The molecule has 0 saturated carbocycles. The number of benzene rings is 1. The van der Waals surface area contributed by atoms with Crippen molar-refractivity contribution in [3.8, 4) is 17.6 Å². The summed E-state index contributed by atoms with van der Waals surface area (Å²) in [5, 5.41) is 9.37. The first kappa shape index (κ1) is 18.8. The second kappa shape index (κ2) is 7.80. The van der Waals surface area contributed by atoms with Gasteiger partial charge in [-0.1, -0.05) is 31.4 Å². The Hall–Kier alpha value is -3.59. The van der Waals surface area contributed by atoms with E-state index in [1.165, 1.54) is 0 Å². The Balaban J connectivity index is 1.82. The maximum atomic E-state index is 13.3. The predicted molar refractivity (Wildman–Crippen MR) is 114 cm³/mol. The van der Waals surface area contributed by atoms with Crippen molar-refractivity contribution >= 4 is 17.2 Å². The third-order valence-corrected chi connectivity index (χ3v) is 5.63. The Bertz CT molecular complexity index is 1030. The lowest BCUT2D eigenvalue weighted by Gasteiger charge is -2.25. The number of hydrogen-bond acceptors (Lipinski definition) is 4. The number of likely N-dealkylation sites (tertiary alicyclic amines) is 1. The second-order valence-corrected chi connectivity index (χ2v) is 7.21. The van der Waals surface area contributed by atoms with Crippen molar-refractivity contribution in [3.05, 3.63) is 67.0 Å². The number of rotatable bonds is 5. The maximum Gasteiger partial charge on any atom is 0.250 e. The molecular formula is C23H23N5O. The van der Waals surface area contributed by atoms with E-state index in [2.05, 4.69) is 35.4 Å². The van der Waals surface area contributed by atoms with Crippen molar-refractivity contribution < 1.29 is 4.79 Å². The molecule has 0 radical (unpaired) electrons. The van der Waals surface area contributed by atoms with Crippen LogP contribution < -0.4 is 4.90 Å². The SMILES string of the molecule is C=C/C=C(\C=C)c1cc(-c2ncc[nH]2)cc2c1CCN2C(=O)C1CCCN1C#N. The van der Waals surface area contributed by atoms with Crippen LogP contribution in [0.4, 0.5) is 5.69 Å². The van der Waals surface area contributed by atoms with Gasteiger partial charge in [-0.3, -0.25) is 9.69 Å². The van der Waals surface area contributed by atoms with E-state index in [9.17, 15) is 10.1 Å². The highest BCUT2D eigenvalue weighted by Crippen LogP contribution is 2.39. The summed E-state index contributed by atoms with van der Waals surface area (Å²) in [6.45, 7) is 9.01. The Morgan fingerprint density at radius 2 is 2.21 bits per heavy atom. The lowest BCUT2D eigenvalue weighted by Crippen LogP contribution is -2.43. The Morgan fingerprint density at radius 1 is 1.34 bits per heavy atom. The zero-order valence-electron chi connectivity index (χ0n) is 16.3. The largest absolute Gasteiger partial charge is 0.345 e. The second-order valence-electron chi connectivity index (χ2n) is 7.21. The van der Waals surface area contributed by atoms with E-state index in [0.717, 1.165) is 53.0 Å². The number of nitrogens with one attached hydrogen (secondary N) is 1. The van der Waals surface area contributed by atoms with Crippen LogP contribution in [0.3, 0.4) is 0 Å². The third-order valence-electron chi connectivity index (χ3n) is 5.63. The van der Waals surface area contributed by atoms with E-state index >= 15 is 0 Å². The first-order valence-electron chi connectivity index (χ1n) is 9.78. The van der Waals surface area contributed by atoms with Crippen LogP contribution in [0.5, 0.6) is 0 Å². The first-order valence-corrected chi connectivity index (χ1v) is 9.78. The third kappa shape index (κ3) is 3.25. The number of amides is 1. The summed E-state index contributed by atoms with van der Waals surface area (Å²) in [6, 6.07) is 3.73. The Kier molecular flexibility index (Phi) is 5.05. The van der Waals surface area contributed by atoms with Gasteiger partial charge in [0.15, 0.2) is 6.19 Å². The molecule has 1 aromatic carbocycles. The molecule has 0 aliphatic carbocycles. The number of anilines is 1. The molecule has 29 heavy (non-hydrogen) atoms. The van der Waals surface area contributed by atoms with Crippen LogP contribution in [-0.2, 0) is 11.2 Å². The Morgan fingerprint density at radius 3 is 2.90 bits per heavy atom. The zero-order valence-corrected chi connectivity index (χ0v) is 16.3. The van der Waals surface area contributed by atoms with Crippen molar-refractivity contribution in [1.29, 1.82) is 5.26 Å². The summed E-state index contributed by atoms with van der Waals surface area (Å²) in [5.41, 5.74) is 4.90. The minimum Gasteiger partial charge on any atom is -0.345 e. The van der Waals surface area contributed by atoms with Gasteiger partial charge in [0.1, 0.15) is 11.9 Å². The van der Waals surface area contributed by atoms with Gasteiger partial charge in [-0.2, -0.15) is 5.26 Å². The molecule has 1 atom stereocenters. The van der Waals surface area contributed by atoms with Crippen LogP contribution in [0.1, 0.15) is 24.0 Å². The maximum absolute atomic E-state index is 13.3. The van der Waals surface area contributed by atoms with Crippen molar-refractivity contribution in [3.63, 3.8) is 0 Å². The number of nitriles is 1. The molecule has 1 amide bonds. The molecule has 6 nitrogen and oxygen atoms in total. The molecule has 146 valence electrons. The fourth-order valence-electron chi connectivity index (χ4n) is 4.27. The molecule has 1 saturated heterocycles. The molecule has 2 aliphatic heterocycles. The normalized spacial score (nSPS) is 18.4. The van der Waals surface area contributed by atoms with Gasteiger partial charge < -0.3 is 9.88 Å². The van der Waals surface area contributed by atoms with Crippen molar-refractivity contribution in [2.75, 3.05) is 18.0 Å². The Labute approximate surface area is 170 Å². The van der Waals surface area contributed by atoms with E-state index in [1.54, 1.807) is 23.4 Å². The minimum atomic E-state index is -0.371. The molecule has 3 heterocycles. The molecule has 0 bridgehead atoms. The molecule has 6 heteroatoms. The summed E-state index contributed by atoms with van der Waals surface area (Å²) in [7, 11) is 0. The van der Waals surface area contributed by atoms with Gasteiger partial charge in [0.05, 0.1) is 0 Å². The fraction of sp³-hybridized carbons (Fsp3) is 0.261. The highest BCUT2D eigenvalue weighted by molar-refractivity contribution is 6.01. The molecule has 1 aromatic heterocycles. The number of hydrogen-bond donors (Lipinski definition) is 1. The number of nitrogens with zero attached hydrogens (tertiary/aromatic N) is 4. The number of H-pyrrole nitrogens is 1. The average molecular weight is 385 g/mol. The van der Waals surface area contributed by atoms with Crippen LogP contribution in [0.25, 0.3) is 17.0 Å². The summed E-state index contributed by atoms with van der Waals surface area (Å²) in [5.74, 6) is 0.744. The topological polar surface area (TPSA) is 76.0 Å². The van der Waals surface area contributed by atoms with Gasteiger partial charge in [0, 0.05) is 36.7 Å². The van der Waals surface area contributed by atoms with E-state index in [-0.39, 0.29) is 11.9 Å². The number of allylic oxidation sites excluding steroid dienone is 4. The van der Waals surface area contributed by atoms with Gasteiger partial charge in [-0.05, 0) is 48.1 Å². The van der Waals surface area contributed by atoms with Crippen LogP contribution >= 0.6 is 0 Å². The smallest absolute Gasteiger partial charge is 0.250 e. The highest BCUT2D eigenvalue weighted by Gasteiger charge is 2.37. The quantitative estimate of drug-likeness (QED) is 0.629. The summed E-state index contributed by atoms with van der Waals surface area (Å²) < 4.78 is 0. The van der Waals surface area contributed by atoms with Gasteiger partial charge in [-0.25, -0.2) is 4.98 Å². The van der Waals surface area contributed by atoms with Crippen LogP contribution in [0.15, 0.2) is 55.9 Å². The van der Waals surface area contributed by atoms with Crippen LogP contribution in [0.2, 0.25) is 0 Å². The van der Waals surface area contributed by atoms with E-state index in [0.29, 0.717) is 13.1 Å². The van der Waals surface area contributed by atoms with Crippen molar-refractivity contribution in [1.82, 2.24) is 14.9 Å². The molecule has 0 spiro atoms. The van der Waals surface area contributed by atoms with Crippen LogP contribution in [-0.4, -0.2) is 39.9 Å². The highest BCUT2D eigenvalue weighted by atomic mass is 16.2. The summed E-state index contributed by atoms with van der Waals surface area (Å²) >= 11 is 0. The number of aromatic amines is 1. The molecule has 1 fully saturated rings. The number of imidazole rings is 1. The number of carbonyl (C=O) groups is 1. The van der Waals surface area contributed by atoms with E-state index in [4.69, 9.17) is 0 Å². The molecule has 2 aromatic rings. The van der Waals surface area contributed by atoms with Crippen molar-refractivity contribution in [2.24, 2.45) is 0 Å². The monoisotopic (exact) mass is 385 g/mol. The molecule has 1 N–H and O–H groups in total. The number of fused-ring (bicyclic) bond motifs is 1. The first-order chi connectivity index (χ1) is 14.2. The molecular weight excluding hydrogens is 362 g/mol. The van der Waals surface area contributed by atoms with Crippen LogP contribution in [0, 0.1) is 11.5 Å². The zero-order chi connectivity index (χ0) is 20.4. The summed E-state index contributed by atoms with van der Waals surface area (Å²) in [6.07, 6.45) is 13.5. The number of aromatic nitrogens is 2.